The molecule has 0 saturated heterocycles. The van der Waals surface area contributed by atoms with Crippen molar-refractivity contribution < 1.29 is 4.79 Å². The largest absolute Gasteiger partial charge is 0.295 e. The Kier molecular flexibility index (Phi) is 2.85. The van der Waals surface area contributed by atoms with Crippen molar-refractivity contribution in [3.05, 3.63) is 47.2 Å². The standard InChI is InChI=1S/C14H18OSi/c1-16(2,3)14-10-12(9-13(14)15)11-7-5-4-6-8-11/h4-8,10,12H,9H2,1-3H3. The first kappa shape index (κ1) is 11.3. The lowest BCUT2D eigenvalue weighted by Crippen LogP contribution is -2.27. The molecule has 0 saturated carbocycles. The summed E-state index contributed by atoms with van der Waals surface area (Å²) >= 11 is 0. The molecule has 0 fully saturated rings. The van der Waals surface area contributed by atoms with Gasteiger partial charge in [-0.15, -0.1) is 0 Å². The van der Waals surface area contributed by atoms with Gasteiger partial charge in [-0.2, -0.15) is 0 Å². The molecule has 0 heterocycles. The van der Waals surface area contributed by atoms with Crippen molar-refractivity contribution >= 4 is 13.9 Å². The Bertz CT molecular complexity index is 426. The van der Waals surface area contributed by atoms with E-state index in [1.165, 1.54) is 5.56 Å². The number of carbonyl (C=O) groups is 1. The van der Waals surface area contributed by atoms with E-state index in [1.54, 1.807) is 0 Å². The van der Waals surface area contributed by atoms with E-state index < -0.39 is 8.07 Å². The Morgan fingerprint density at radius 2 is 1.75 bits per heavy atom. The zero-order valence-electron chi connectivity index (χ0n) is 10.2. The molecule has 0 radical (unpaired) electrons. The van der Waals surface area contributed by atoms with E-state index in [0.29, 0.717) is 18.1 Å². The number of carbonyl (C=O) groups excluding carboxylic acids is 1. The van der Waals surface area contributed by atoms with Crippen LogP contribution in [0.5, 0.6) is 0 Å². The van der Waals surface area contributed by atoms with Gasteiger partial charge in [-0.3, -0.25) is 4.79 Å². The minimum atomic E-state index is -1.45. The maximum atomic E-state index is 12.0. The van der Waals surface area contributed by atoms with E-state index in [0.717, 1.165) is 5.20 Å². The molecule has 1 unspecified atom stereocenters. The molecule has 2 rings (SSSR count). The summed E-state index contributed by atoms with van der Waals surface area (Å²) in [6, 6.07) is 10.3. The van der Waals surface area contributed by atoms with Crippen molar-refractivity contribution in [2.45, 2.75) is 32.0 Å². The van der Waals surface area contributed by atoms with Gasteiger partial charge in [-0.1, -0.05) is 56.0 Å². The molecule has 1 aliphatic rings. The van der Waals surface area contributed by atoms with Crippen LogP contribution in [0, 0.1) is 0 Å². The van der Waals surface area contributed by atoms with Gasteiger partial charge in [0.25, 0.3) is 0 Å². The number of benzene rings is 1. The smallest absolute Gasteiger partial charge is 0.155 e. The lowest BCUT2D eigenvalue weighted by molar-refractivity contribution is -0.114. The van der Waals surface area contributed by atoms with Gasteiger partial charge in [0.15, 0.2) is 5.78 Å². The second-order valence-corrected chi connectivity index (χ2v) is 10.5. The van der Waals surface area contributed by atoms with Gasteiger partial charge in [0.1, 0.15) is 0 Å². The number of rotatable bonds is 2. The highest BCUT2D eigenvalue weighted by Gasteiger charge is 2.32. The zero-order chi connectivity index (χ0) is 11.8. The summed E-state index contributed by atoms with van der Waals surface area (Å²) in [4.78, 5) is 12.0. The van der Waals surface area contributed by atoms with Crippen LogP contribution in [0.2, 0.25) is 19.6 Å². The molecular weight excluding hydrogens is 212 g/mol. The average Bonchev–Trinajstić information content (AvgIpc) is 2.61. The van der Waals surface area contributed by atoms with Crippen LogP contribution in [0.1, 0.15) is 17.9 Å². The van der Waals surface area contributed by atoms with E-state index in [2.05, 4.69) is 37.8 Å². The minimum Gasteiger partial charge on any atom is -0.295 e. The summed E-state index contributed by atoms with van der Waals surface area (Å²) in [7, 11) is -1.45. The number of allylic oxidation sites excluding steroid dienone is 2. The molecule has 1 aromatic carbocycles. The van der Waals surface area contributed by atoms with Crippen LogP contribution in [0.15, 0.2) is 41.6 Å². The van der Waals surface area contributed by atoms with E-state index in [-0.39, 0.29) is 0 Å². The van der Waals surface area contributed by atoms with Gasteiger partial charge >= 0.3 is 0 Å². The highest BCUT2D eigenvalue weighted by Crippen LogP contribution is 2.34. The molecule has 2 heteroatoms. The maximum absolute atomic E-state index is 12.0. The molecule has 1 nitrogen and oxygen atoms in total. The van der Waals surface area contributed by atoms with Crippen LogP contribution in [-0.2, 0) is 4.79 Å². The molecule has 0 amide bonds. The van der Waals surface area contributed by atoms with Crippen molar-refractivity contribution in [2.24, 2.45) is 0 Å². The third-order valence-corrected chi connectivity index (χ3v) is 5.17. The Hall–Kier alpha value is -1.15. The fourth-order valence-electron chi connectivity index (χ4n) is 2.25. The highest BCUT2D eigenvalue weighted by atomic mass is 28.3. The quantitative estimate of drug-likeness (QED) is 0.710. The Labute approximate surface area is 98.2 Å². The van der Waals surface area contributed by atoms with Crippen molar-refractivity contribution in [2.75, 3.05) is 0 Å². The molecular formula is C14H18OSi. The summed E-state index contributed by atoms with van der Waals surface area (Å²) in [5.74, 6) is 0.684. The van der Waals surface area contributed by atoms with Crippen LogP contribution in [0.25, 0.3) is 0 Å². The van der Waals surface area contributed by atoms with Crippen LogP contribution in [-0.4, -0.2) is 13.9 Å². The van der Waals surface area contributed by atoms with Gasteiger partial charge in [0.2, 0.25) is 0 Å². The first-order valence-electron chi connectivity index (χ1n) is 5.79. The third-order valence-electron chi connectivity index (χ3n) is 3.11. The summed E-state index contributed by atoms with van der Waals surface area (Å²) in [6.45, 7) is 6.72. The molecule has 1 aromatic rings. The van der Waals surface area contributed by atoms with Crippen LogP contribution in [0.3, 0.4) is 0 Å². The van der Waals surface area contributed by atoms with Crippen LogP contribution >= 0.6 is 0 Å². The first-order chi connectivity index (χ1) is 7.48. The summed E-state index contributed by atoms with van der Waals surface area (Å²) < 4.78 is 0. The number of Topliss-reactive ketones (excluding diaryl/α,β-unsaturated/α-hetero) is 1. The molecule has 16 heavy (non-hydrogen) atoms. The molecule has 0 bridgehead atoms. The van der Waals surface area contributed by atoms with Crippen LogP contribution in [0.4, 0.5) is 0 Å². The van der Waals surface area contributed by atoms with E-state index in [4.69, 9.17) is 0 Å². The summed E-state index contributed by atoms with van der Waals surface area (Å²) in [5.41, 5.74) is 1.27. The third kappa shape index (κ3) is 2.17. The molecule has 1 atom stereocenters. The summed E-state index contributed by atoms with van der Waals surface area (Å²) in [5, 5.41) is 1.13. The minimum absolute atomic E-state index is 0.315. The molecule has 1 aliphatic carbocycles. The van der Waals surface area contributed by atoms with Crippen molar-refractivity contribution in [3.63, 3.8) is 0 Å². The lowest BCUT2D eigenvalue weighted by atomic mass is 9.99. The Morgan fingerprint density at radius 3 is 2.25 bits per heavy atom. The molecule has 0 aliphatic heterocycles. The SMILES string of the molecule is C[Si](C)(C)C1=CC(c2ccccc2)CC1=O. The molecule has 0 spiro atoms. The lowest BCUT2D eigenvalue weighted by Gasteiger charge is -2.15. The number of hydrogen-bond acceptors (Lipinski definition) is 1. The highest BCUT2D eigenvalue weighted by molar-refractivity contribution is 6.87. The second-order valence-electron chi connectivity index (χ2n) is 5.47. The van der Waals surface area contributed by atoms with Crippen molar-refractivity contribution in [3.8, 4) is 0 Å². The predicted octanol–water partition coefficient (Wildman–Crippen LogP) is 3.55. The number of hydrogen-bond donors (Lipinski definition) is 0. The van der Waals surface area contributed by atoms with Crippen molar-refractivity contribution in [1.82, 2.24) is 0 Å². The second kappa shape index (κ2) is 4.02. The Balaban J connectivity index is 2.30. The fourth-order valence-corrected chi connectivity index (χ4v) is 3.89. The monoisotopic (exact) mass is 230 g/mol. The van der Waals surface area contributed by atoms with Gasteiger partial charge in [-0.25, -0.2) is 0 Å². The first-order valence-corrected chi connectivity index (χ1v) is 9.29. The van der Waals surface area contributed by atoms with Gasteiger partial charge in [0, 0.05) is 12.3 Å². The van der Waals surface area contributed by atoms with E-state index >= 15 is 0 Å². The predicted molar refractivity (Wildman–Crippen MR) is 70.2 cm³/mol. The summed E-state index contributed by atoms with van der Waals surface area (Å²) in [6.07, 6.45) is 2.88. The number of ketones is 1. The van der Waals surface area contributed by atoms with Gasteiger partial charge in [-0.05, 0) is 10.8 Å². The fraction of sp³-hybridized carbons (Fsp3) is 0.357. The van der Waals surface area contributed by atoms with Gasteiger partial charge in [0.05, 0.1) is 8.07 Å². The van der Waals surface area contributed by atoms with Crippen LogP contribution < -0.4 is 0 Å². The molecule has 0 aromatic heterocycles. The zero-order valence-corrected chi connectivity index (χ0v) is 11.2. The van der Waals surface area contributed by atoms with Crippen molar-refractivity contribution in [1.29, 1.82) is 0 Å². The van der Waals surface area contributed by atoms with E-state index in [1.807, 2.05) is 18.2 Å². The van der Waals surface area contributed by atoms with E-state index in [9.17, 15) is 4.79 Å². The average molecular weight is 230 g/mol. The maximum Gasteiger partial charge on any atom is 0.155 e. The molecule has 84 valence electrons. The Morgan fingerprint density at radius 1 is 1.12 bits per heavy atom. The van der Waals surface area contributed by atoms with Gasteiger partial charge < -0.3 is 0 Å². The molecule has 0 N–H and O–H groups in total. The topological polar surface area (TPSA) is 17.1 Å². The normalized spacial score (nSPS) is 21.1.